The summed E-state index contributed by atoms with van der Waals surface area (Å²) in [5.74, 6) is -0.115. The molecule has 4 nitrogen and oxygen atoms in total. The number of nitrogens with zero attached hydrogens (tertiary/aromatic N) is 3. The fourth-order valence-corrected chi connectivity index (χ4v) is 2.39. The Morgan fingerprint density at radius 2 is 2.10 bits per heavy atom. The van der Waals surface area contributed by atoms with Crippen LogP contribution in [-0.4, -0.2) is 33.9 Å². The number of aromatic nitrogens is 2. The smallest absolute Gasteiger partial charge is 0.342 e. The van der Waals surface area contributed by atoms with E-state index in [0.29, 0.717) is 25.2 Å². The summed E-state index contributed by atoms with van der Waals surface area (Å²) in [6, 6.07) is 0.940. The number of likely N-dealkylation sites (tertiary alicyclic amines) is 1. The Morgan fingerprint density at radius 3 is 2.70 bits per heavy atom. The number of carbonyl (C=O) groups excluding carboxylic acids is 1. The van der Waals surface area contributed by atoms with Gasteiger partial charge in [-0.2, -0.15) is 13.2 Å². The molecule has 0 spiro atoms. The molecule has 1 atom stereocenters. The van der Waals surface area contributed by atoms with Gasteiger partial charge in [0.2, 0.25) is 5.91 Å². The fraction of sp³-hybridized carbons (Fsp3) is 0.615. The highest BCUT2D eigenvalue weighted by Crippen LogP contribution is 2.30. The van der Waals surface area contributed by atoms with Crippen molar-refractivity contribution in [2.75, 3.05) is 13.1 Å². The van der Waals surface area contributed by atoms with E-state index >= 15 is 0 Å². The van der Waals surface area contributed by atoms with Crippen LogP contribution in [0.5, 0.6) is 0 Å². The Kier molecular flexibility index (Phi) is 3.96. The van der Waals surface area contributed by atoms with Crippen LogP contribution in [0.1, 0.15) is 42.9 Å². The number of hydrogen-bond donors (Lipinski definition) is 0. The highest BCUT2D eigenvalue weighted by atomic mass is 19.4. The molecule has 1 aromatic rings. The topological polar surface area (TPSA) is 46.1 Å². The van der Waals surface area contributed by atoms with Crippen LogP contribution in [0.3, 0.4) is 0 Å². The van der Waals surface area contributed by atoms with Crippen LogP contribution in [0.25, 0.3) is 0 Å². The van der Waals surface area contributed by atoms with Crippen molar-refractivity contribution >= 4 is 5.91 Å². The van der Waals surface area contributed by atoms with Crippen molar-refractivity contribution in [1.29, 1.82) is 0 Å². The molecular formula is C13H16F3N3O. The molecule has 1 aromatic heterocycles. The third kappa shape index (κ3) is 3.26. The zero-order valence-corrected chi connectivity index (χ0v) is 11.4. The van der Waals surface area contributed by atoms with Gasteiger partial charge < -0.3 is 4.90 Å². The molecule has 110 valence electrons. The van der Waals surface area contributed by atoms with Gasteiger partial charge in [-0.1, -0.05) is 0 Å². The van der Waals surface area contributed by atoms with Gasteiger partial charge in [0.1, 0.15) is 11.5 Å². The van der Waals surface area contributed by atoms with Crippen LogP contribution in [0.2, 0.25) is 0 Å². The Morgan fingerprint density at radius 1 is 1.40 bits per heavy atom. The first-order chi connectivity index (χ1) is 9.27. The molecule has 0 aromatic carbocycles. The average molecular weight is 287 g/mol. The van der Waals surface area contributed by atoms with E-state index in [4.69, 9.17) is 0 Å². The van der Waals surface area contributed by atoms with E-state index in [9.17, 15) is 18.0 Å². The lowest BCUT2D eigenvalue weighted by Gasteiger charge is -2.31. The van der Waals surface area contributed by atoms with E-state index in [1.807, 2.05) is 0 Å². The van der Waals surface area contributed by atoms with E-state index in [-0.39, 0.29) is 17.6 Å². The first-order valence-corrected chi connectivity index (χ1v) is 6.45. The molecule has 0 aliphatic carbocycles. The van der Waals surface area contributed by atoms with Crippen molar-refractivity contribution in [2.45, 2.75) is 38.8 Å². The molecule has 1 aliphatic heterocycles. The number of hydrogen-bond acceptors (Lipinski definition) is 3. The second kappa shape index (κ2) is 5.38. The van der Waals surface area contributed by atoms with Crippen LogP contribution in [-0.2, 0) is 11.0 Å². The number of carbonyl (C=O) groups is 1. The summed E-state index contributed by atoms with van der Waals surface area (Å²) in [7, 11) is 0. The first kappa shape index (κ1) is 14.7. The van der Waals surface area contributed by atoms with Gasteiger partial charge in [-0.15, -0.1) is 0 Å². The Balaban J connectivity index is 2.28. The summed E-state index contributed by atoms with van der Waals surface area (Å²) in [5.41, 5.74) is -0.623. The minimum absolute atomic E-state index is 0.0709. The molecule has 0 saturated carbocycles. The zero-order valence-electron chi connectivity index (χ0n) is 11.4. The standard InChI is InChI=1S/C13H16F3N3O/c1-8-6-11(13(14,15)16)18-12(17-8)10-4-3-5-19(7-10)9(2)20/h6,10H,3-5,7H2,1-2H3. The van der Waals surface area contributed by atoms with Gasteiger partial charge in [0.05, 0.1) is 0 Å². The summed E-state index contributed by atoms with van der Waals surface area (Å²) in [6.07, 6.45) is -3.02. The maximum atomic E-state index is 12.8. The fourth-order valence-electron chi connectivity index (χ4n) is 2.39. The van der Waals surface area contributed by atoms with E-state index < -0.39 is 11.9 Å². The Labute approximate surface area is 115 Å². The lowest BCUT2D eigenvalue weighted by atomic mass is 9.97. The quantitative estimate of drug-likeness (QED) is 0.797. The summed E-state index contributed by atoms with van der Waals surface area (Å²) in [4.78, 5) is 20.8. The number of amides is 1. The highest BCUT2D eigenvalue weighted by Gasteiger charge is 2.34. The molecule has 20 heavy (non-hydrogen) atoms. The first-order valence-electron chi connectivity index (χ1n) is 6.45. The molecule has 7 heteroatoms. The SMILES string of the molecule is CC(=O)N1CCCC(c2nc(C)cc(C(F)(F)F)n2)C1. The maximum Gasteiger partial charge on any atom is 0.433 e. The molecule has 1 aliphatic rings. The molecule has 1 unspecified atom stereocenters. The van der Waals surface area contributed by atoms with Crippen molar-refractivity contribution in [3.05, 3.63) is 23.3 Å². The second-order valence-corrected chi connectivity index (χ2v) is 5.05. The summed E-state index contributed by atoms with van der Waals surface area (Å²) in [6.45, 7) is 4.01. The van der Waals surface area contributed by atoms with Gasteiger partial charge >= 0.3 is 6.18 Å². The zero-order chi connectivity index (χ0) is 14.9. The van der Waals surface area contributed by atoms with E-state index in [1.165, 1.54) is 13.8 Å². The number of rotatable bonds is 1. The van der Waals surface area contributed by atoms with Crippen LogP contribution in [0, 0.1) is 6.92 Å². The van der Waals surface area contributed by atoms with Gasteiger partial charge in [-0.3, -0.25) is 4.79 Å². The summed E-state index contributed by atoms with van der Waals surface area (Å²) >= 11 is 0. The van der Waals surface area contributed by atoms with Crippen molar-refractivity contribution in [3.8, 4) is 0 Å². The minimum Gasteiger partial charge on any atom is -0.342 e. The van der Waals surface area contributed by atoms with Gasteiger partial charge in [-0.05, 0) is 25.8 Å². The van der Waals surface area contributed by atoms with E-state index in [2.05, 4.69) is 9.97 Å². The lowest BCUT2D eigenvalue weighted by Crippen LogP contribution is -2.38. The molecule has 0 bridgehead atoms. The van der Waals surface area contributed by atoms with E-state index in [0.717, 1.165) is 12.5 Å². The van der Waals surface area contributed by atoms with Crippen LogP contribution >= 0.6 is 0 Å². The average Bonchev–Trinajstić information content (AvgIpc) is 2.37. The van der Waals surface area contributed by atoms with Gasteiger partial charge in [0.15, 0.2) is 0 Å². The predicted octanol–water partition coefficient (Wildman–Crippen LogP) is 2.53. The van der Waals surface area contributed by atoms with Crippen molar-refractivity contribution in [3.63, 3.8) is 0 Å². The van der Waals surface area contributed by atoms with Gasteiger partial charge in [0, 0.05) is 31.6 Å². The van der Waals surface area contributed by atoms with Crippen LogP contribution in [0.4, 0.5) is 13.2 Å². The summed E-state index contributed by atoms with van der Waals surface area (Å²) in [5, 5.41) is 0. The van der Waals surface area contributed by atoms with Gasteiger partial charge in [0.25, 0.3) is 0 Å². The summed E-state index contributed by atoms with van der Waals surface area (Å²) < 4.78 is 38.3. The van der Waals surface area contributed by atoms with Crippen molar-refractivity contribution < 1.29 is 18.0 Å². The molecule has 1 fully saturated rings. The number of piperidine rings is 1. The highest BCUT2D eigenvalue weighted by molar-refractivity contribution is 5.73. The van der Waals surface area contributed by atoms with Crippen molar-refractivity contribution in [1.82, 2.24) is 14.9 Å². The molecule has 1 saturated heterocycles. The monoisotopic (exact) mass is 287 g/mol. The predicted molar refractivity (Wildman–Crippen MR) is 66.0 cm³/mol. The molecule has 2 rings (SSSR count). The molecule has 2 heterocycles. The number of alkyl halides is 3. The molecule has 1 amide bonds. The van der Waals surface area contributed by atoms with Gasteiger partial charge in [-0.25, -0.2) is 9.97 Å². The third-order valence-corrected chi connectivity index (χ3v) is 3.39. The minimum atomic E-state index is -4.47. The number of aryl methyl sites for hydroxylation is 1. The lowest BCUT2D eigenvalue weighted by molar-refractivity contribution is -0.141. The maximum absolute atomic E-state index is 12.8. The molecule has 0 radical (unpaired) electrons. The van der Waals surface area contributed by atoms with Crippen molar-refractivity contribution in [2.24, 2.45) is 0 Å². The third-order valence-electron chi connectivity index (χ3n) is 3.39. The largest absolute Gasteiger partial charge is 0.433 e. The normalized spacial score (nSPS) is 20.1. The van der Waals surface area contributed by atoms with Crippen LogP contribution < -0.4 is 0 Å². The molecule has 0 N–H and O–H groups in total. The van der Waals surface area contributed by atoms with E-state index in [1.54, 1.807) is 4.90 Å². The van der Waals surface area contributed by atoms with Crippen LogP contribution in [0.15, 0.2) is 6.07 Å². The number of halogens is 3. The Hall–Kier alpha value is -1.66. The Bertz CT molecular complexity index is 516. The second-order valence-electron chi connectivity index (χ2n) is 5.05. The molecular weight excluding hydrogens is 271 g/mol.